The lowest BCUT2D eigenvalue weighted by molar-refractivity contribution is 0.00499. The summed E-state index contributed by atoms with van der Waals surface area (Å²) in [5.41, 5.74) is -0.639. The molecule has 196 valence electrons. The second-order valence-electron chi connectivity index (χ2n) is 11.0. The van der Waals surface area contributed by atoms with Crippen LogP contribution in [0, 0.1) is 5.82 Å². The molecule has 0 radical (unpaired) electrons. The van der Waals surface area contributed by atoms with Gasteiger partial charge < -0.3 is 9.47 Å². The molecular weight excluding hydrogens is 507 g/mol. The fourth-order valence-electron chi connectivity index (χ4n) is 4.59. The average molecular weight is 540 g/mol. The Kier molecular flexibility index (Phi) is 7.89. The Hall–Kier alpha value is -1.89. The Bertz CT molecular complexity index is 1100. The van der Waals surface area contributed by atoms with Gasteiger partial charge in [0, 0.05) is 35.2 Å². The van der Waals surface area contributed by atoms with E-state index in [0.717, 1.165) is 24.0 Å². The number of esters is 1. The van der Waals surface area contributed by atoms with E-state index < -0.39 is 23.1 Å². The number of carbonyl (C=O) groups excluding carboxylic acids is 1. The summed E-state index contributed by atoms with van der Waals surface area (Å²) >= 11 is 12.3. The van der Waals surface area contributed by atoms with E-state index in [1.807, 2.05) is 12.1 Å². The molecule has 8 heteroatoms. The number of hydrogen-bond donors (Lipinski definition) is 0. The van der Waals surface area contributed by atoms with E-state index in [1.54, 1.807) is 26.8 Å². The Labute approximate surface area is 221 Å². The number of halogens is 4. The van der Waals surface area contributed by atoms with Crippen LogP contribution >= 0.6 is 23.2 Å². The van der Waals surface area contributed by atoms with Crippen molar-refractivity contribution >= 4 is 29.2 Å². The van der Waals surface area contributed by atoms with Gasteiger partial charge in [-0.05, 0) is 94.7 Å². The first-order chi connectivity index (χ1) is 16.8. The molecule has 1 saturated carbocycles. The smallest absolute Gasteiger partial charge is 0.341 e. The molecular formula is C28H33Cl2F2NO3. The van der Waals surface area contributed by atoms with Crippen molar-refractivity contribution in [3.05, 3.63) is 62.9 Å². The second-order valence-corrected chi connectivity index (χ2v) is 11.9. The zero-order chi connectivity index (χ0) is 26.3. The van der Waals surface area contributed by atoms with Crippen LogP contribution in [-0.2, 0) is 4.74 Å². The van der Waals surface area contributed by atoms with Crippen LogP contribution in [0.25, 0.3) is 0 Å². The predicted octanol–water partition coefficient (Wildman–Crippen LogP) is 7.91. The standard InChI is InChI=1S/C28H33Cl2F2NO3/c1-17(19-11-20(29)13-21(30)12-19)33-9-7-28(32,8-10-33)16-35-25-15-24(31)23(14-22(25)18-5-6-18)26(34)36-27(2,3)4/h11-15,17-18H,5-10,16H2,1-4H3. The number of carbonyl (C=O) groups is 1. The normalized spacial score (nSPS) is 19.1. The molecule has 0 aromatic heterocycles. The number of alkyl halides is 1. The van der Waals surface area contributed by atoms with Crippen molar-refractivity contribution in [2.24, 2.45) is 0 Å². The van der Waals surface area contributed by atoms with Gasteiger partial charge >= 0.3 is 5.97 Å². The fourth-order valence-corrected chi connectivity index (χ4v) is 5.13. The summed E-state index contributed by atoms with van der Waals surface area (Å²) in [5.74, 6) is -0.938. The summed E-state index contributed by atoms with van der Waals surface area (Å²) in [6.07, 6.45) is 2.44. The summed E-state index contributed by atoms with van der Waals surface area (Å²) in [4.78, 5) is 14.7. The first-order valence-electron chi connectivity index (χ1n) is 12.4. The van der Waals surface area contributed by atoms with Crippen LogP contribution in [0.4, 0.5) is 8.78 Å². The average Bonchev–Trinajstić information content (AvgIpc) is 3.61. The molecule has 0 N–H and O–H groups in total. The van der Waals surface area contributed by atoms with Crippen LogP contribution in [0.2, 0.25) is 10.0 Å². The Morgan fingerprint density at radius 3 is 2.28 bits per heavy atom. The van der Waals surface area contributed by atoms with Gasteiger partial charge in [-0.25, -0.2) is 13.6 Å². The maximum absolute atomic E-state index is 15.7. The maximum atomic E-state index is 15.7. The van der Waals surface area contributed by atoms with Crippen LogP contribution in [0.5, 0.6) is 5.75 Å². The Morgan fingerprint density at radius 1 is 1.11 bits per heavy atom. The molecule has 0 bridgehead atoms. The molecule has 1 aliphatic carbocycles. The second kappa shape index (κ2) is 10.5. The van der Waals surface area contributed by atoms with Crippen molar-refractivity contribution in [1.82, 2.24) is 4.90 Å². The van der Waals surface area contributed by atoms with Crippen LogP contribution in [0.15, 0.2) is 30.3 Å². The number of benzene rings is 2. The van der Waals surface area contributed by atoms with Crippen molar-refractivity contribution in [3.8, 4) is 5.75 Å². The zero-order valence-corrected chi connectivity index (χ0v) is 22.7. The van der Waals surface area contributed by atoms with Gasteiger partial charge in [0.2, 0.25) is 0 Å². The lowest BCUT2D eigenvalue weighted by Crippen LogP contribution is -2.45. The summed E-state index contributed by atoms with van der Waals surface area (Å²) in [7, 11) is 0. The van der Waals surface area contributed by atoms with E-state index in [-0.39, 0.29) is 24.1 Å². The highest BCUT2D eigenvalue weighted by Crippen LogP contribution is 2.46. The topological polar surface area (TPSA) is 38.8 Å². The molecule has 4 rings (SSSR count). The molecule has 36 heavy (non-hydrogen) atoms. The minimum atomic E-state index is -1.52. The quantitative estimate of drug-likeness (QED) is 0.335. The van der Waals surface area contributed by atoms with E-state index in [2.05, 4.69) is 11.8 Å². The SMILES string of the molecule is CC(c1cc(Cl)cc(Cl)c1)N1CCC(F)(COc2cc(F)c(C(=O)OC(C)(C)C)cc2C2CC2)CC1. The van der Waals surface area contributed by atoms with E-state index in [4.69, 9.17) is 32.7 Å². The van der Waals surface area contributed by atoms with Crippen molar-refractivity contribution in [2.45, 2.75) is 76.6 Å². The largest absolute Gasteiger partial charge is 0.490 e. The highest BCUT2D eigenvalue weighted by Gasteiger charge is 2.38. The maximum Gasteiger partial charge on any atom is 0.341 e. The van der Waals surface area contributed by atoms with E-state index in [9.17, 15) is 9.18 Å². The van der Waals surface area contributed by atoms with Crippen molar-refractivity contribution in [2.75, 3.05) is 19.7 Å². The molecule has 2 aromatic rings. The van der Waals surface area contributed by atoms with E-state index in [0.29, 0.717) is 41.7 Å². The lowest BCUT2D eigenvalue weighted by Gasteiger charge is -2.39. The van der Waals surface area contributed by atoms with Gasteiger partial charge in [-0.15, -0.1) is 0 Å². The fraction of sp³-hybridized carbons (Fsp3) is 0.536. The molecule has 1 atom stereocenters. The lowest BCUT2D eigenvalue weighted by atomic mass is 9.92. The number of hydrogen-bond acceptors (Lipinski definition) is 4. The van der Waals surface area contributed by atoms with Gasteiger partial charge in [0.25, 0.3) is 0 Å². The molecule has 2 aliphatic rings. The van der Waals surface area contributed by atoms with Crippen molar-refractivity contribution in [3.63, 3.8) is 0 Å². The van der Waals surface area contributed by atoms with Gasteiger partial charge in [0.1, 0.15) is 29.4 Å². The molecule has 1 saturated heterocycles. The van der Waals surface area contributed by atoms with E-state index in [1.165, 1.54) is 12.1 Å². The summed E-state index contributed by atoms with van der Waals surface area (Å²) in [5, 5.41) is 1.15. The minimum Gasteiger partial charge on any atom is -0.490 e. The van der Waals surface area contributed by atoms with Gasteiger partial charge in [-0.2, -0.15) is 0 Å². The zero-order valence-electron chi connectivity index (χ0n) is 21.2. The molecule has 1 aliphatic heterocycles. The number of ether oxygens (including phenoxy) is 2. The predicted molar refractivity (Wildman–Crippen MR) is 139 cm³/mol. The Balaban J connectivity index is 1.41. The highest BCUT2D eigenvalue weighted by atomic mass is 35.5. The number of rotatable bonds is 7. The summed E-state index contributed by atoms with van der Waals surface area (Å²) < 4.78 is 41.8. The minimum absolute atomic E-state index is 0.0441. The molecule has 1 unspecified atom stereocenters. The van der Waals surface area contributed by atoms with Gasteiger partial charge in [0.05, 0.1) is 5.56 Å². The molecule has 0 amide bonds. The molecule has 2 fully saturated rings. The first kappa shape index (κ1) is 27.2. The summed E-state index contributed by atoms with van der Waals surface area (Å²) in [6, 6.07) is 8.22. The molecule has 0 spiro atoms. The monoisotopic (exact) mass is 539 g/mol. The van der Waals surface area contributed by atoms with Crippen molar-refractivity contribution in [1.29, 1.82) is 0 Å². The molecule has 1 heterocycles. The van der Waals surface area contributed by atoms with Crippen molar-refractivity contribution < 1.29 is 23.0 Å². The third kappa shape index (κ3) is 6.70. The first-order valence-corrected chi connectivity index (χ1v) is 13.2. The van der Waals surface area contributed by atoms with E-state index >= 15 is 4.39 Å². The van der Waals surface area contributed by atoms with Crippen LogP contribution < -0.4 is 4.74 Å². The number of likely N-dealkylation sites (tertiary alicyclic amines) is 1. The molecule has 4 nitrogen and oxygen atoms in total. The summed E-state index contributed by atoms with van der Waals surface area (Å²) in [6.45, 7) is 8.19. The third-order valence-corrected chi connectivity index (χ3v) is 7.27. The highest BCUT2D eigenvalue weighted by molar-refractivity contribution is 6.34. The van der Waals surface area contributed by atoms with Crippen LogP contribution in [0.3, 0.4) is 0 Å². The number of nitrogens with zero attached hydrogens (tertiary/aromatic N) is 1. The Morgan fingerprint density at radius 2 is 1.72 bits per heavy atom. The van der Waals surface area contributed by atoms with Crippen LogP contribution in [-0.4, -0.2) is 41.8 Å². The number of piperidine rings is 1. The molecule has 2 aromatic carbocycles. The van der Waals surface area contributed by atoms with Gasteiger partial charge in [-0.1, -0.05) is 23.2 Å². The van der Waals surface area contributed by atoms with Gasteiger partial charge in [-0.3, -0.25) is 4.90 Å². The third-order valence-electron chi connectivity index (χ3n) is 6.83. The van der Waals surface area contributed by atoms with Crippen LogP contribution in [0.1, 0.15) is 86.8 Å². The van der Waals surface area contributed by atoms with Gasteiger partial charge in [0.15, 0.2) is 0 Å².